The Kier molecular flexibility index (Phi) is 4.97. The van der Waals surface area contributed by atoms with E-state index in [0.717, 1.165) is 33.7 Å². The van der Waals surface area contributed by atoms with Gasteiger partial charge in [0.05, 0.1) is 17.5 Å². The summed E-state index contributed by atoms with van der Waals surface area (Å²) < 4.78 is 5.23. The highest BCUT2D eigenvalue weighted by Crippen LogP contribution is 2.34. The van der Waals surface area contributed by atoms with Crippen molar-refractivity contribution in [2.75, 3.05) is 12.4 Å². The Hall–Kier alpha value is -2.63. The molecule has 0 unspecified atom stereocenters. The second-order valence-electron chi connectivity index (χ2n) is 6.02. The smallest absolute Gasteiger partial charge is 0.163 e. The molecule has 0 fully saturated rings. The molecule has 4 aromatic rings. The van der Waals surface area contributed by atoms with Crippen LogP contribution in [0.5, 0.6) is 5.75 Å². The van der Waals surface area contributed by atoms with Crippen LogP contribution in [0.25, 0.3) is 21.6 Å². The Bertz CT molecular complexity index is 1100. The van der Waals surface area contributed by atoms with Gasteiger partial charge < -0.3 is 10.1 Å². The Morgan fingerprint density at radius 1 is 1.07 bits per heavy atom. The van der Waals surface area contributed by atoms with Gasteiger partial charge in [-0.15, -0.1) is 11.3 Å². The van der Waals surface area contributed by atoms with Crippen LogP contribution in [0.4, 0.5) is 11.5 Å². The first kappa shape index (κ1) is 17.8. The topological polar surface area (TPSA) is 47.0 Å². The first-order valence-electron chi connectivity index (χ1n) is 8.64. The van der Waals surface area contributed by atoms with Gasteiger partial charge in [0.25, 0.3) is 0 Å². The van der Waals surface area contributed by atoms with Gasteiger partial charge in [-0.1, -0.05) is 48.9 Å². The van der Waals surface area contributed by atoms with Gasteiger partial charge >= 0.3 is 0 Å². The van der Waals surface area contributed by atoms with Crippen molar-refractivity contribution in [3.63, 3.8) is 0 Å². The van der Waals surface area contributed by atoms with Gasteiger partial charge in [0.2, 0.25) is 0 Å². The van der Waals surface area contributed by atoms with Crippen LogP contribution in [0.2, 0.25) is 5.02 Å². The number of ether oxygens (including phenoxy) is 1. The van der Waals surface area contributed by atoms with Gasteiger partial charge in [-0.3, -0.25) is 0 Å². The molecule has 0 aliphatic rings. The molecule has 1 N–H and O–H groups in total. The standard InChI is InChI=1S/C21H18ClN3OS/c1-3-15-12-16-20(23-14-9-10-18(26-2)17(22)11-14)24-19(25-21(16)27-15)13-7-5-4-6-8-13/h4-12H,3H2,1-2H3,(H,23,24,25). The molecule has 0 atom stereocenters. The fourth-order valence-corrected chi connectivity index (χ4v) is 4.06. The van der Waals surface area contributed by atoms with Gasteiger partial charge in [-0.05, 0) is 30.7 Å². The van der Waals surface area contributed by atoms with Crippen LogP contribution in [0.3, 0.4) is 0 Å². The van der Waals surface area contributed by atoms with Gasteiger partial charge in [0.1, 0.15) is 16.4 Å². The van der Waals surface area contributed by atoms with Crippen molar-refractivity contribution < 1.29 is 4.74 Å². The number of aromatic nitrogens is 2. The van der Waals surface area contributed by atoms with Gasteiger partial charge in [-0.25, -0.2) is 9.97 Å². The number of aryl methyl sites for hydroxylation is 1. The fraction of sp³-hybridized carbons (Fsp3) is 0.143. The van der Waals surface area contributed by atoms with Crippen LogP contribution in [0, 0.1) is 0 Å². The SMILES string of the molecule is CCc1cc2c(Nc3ccc(OC)c(Cl)c3)nc(-c3ccccc3)nc2s1. The maximum atomic E-state index is 6.27. The molecule has 0 aliphatic carbocycles. The van der Waals surface area contributed by atoms with Crippen LogP contribution in [0.15, 0.2) is 54.6 Å². The number of thiophene rings is 1. The Labute approximate surface area is 166 Å². The third-order valence-corrected chi connectivity index (χ3v) is 5.71. The summed E-state index contributed by atoms with van der Waals surface area (Å²) in [5.41, 5.74) is 1.84. The van der Waals surface area contributed by atoms with Crippen LogP contribution in [-0.4, -0.2) is 17.1 Å². The van der Waals surface area contributed by atoms with E-state index in [0.29, 0.717) is 16.6 Å². The zero-order chi connectivity index (χ0) is 18.8. The zero-order valence-corrected chi connectivity index (χ0v) is 16.6. The van der Waals surface area contributed by atoms with Crippen molar-refractivity contribution in [3.05, 3.63) is 64.5 Å². The number of nitrogens with zero attached hydrogens (tertiary/aromatic N) is 2. The molecule has 4 nitrogen and oxygen atoms in total. The van der Waals surface area contributed by atoms with E-state index in [4.69, 9.17) is 26.3 Å². The normalized spacial score (nSPS) is 10.9. The average molecular weight is 396 g/mol. The minimum atomic E-state index is 0.552. The summed E-state index contributed by atoms with van der Waals surface area (Å²) in [6, 6.07) is 17.8. The third kappa shape index (κ3) is 3.61. The maximum absolute atomic E-state index is 6.27. The summed E-state index contributed by atoms with van der Waals surface area (Å²) in [7, 11) is 1.60. The highest BCUT2D eigenvalue weighted by atomic mass is 35.5. The second kappa shape index (κ2) is 7.55. The number of methoxy groups -OCH3 is 1. The molecular weight excluding hydrogens is 378 g/mol. The molecule has 0 saturated carbocycles. The highest BCUT2D eigenvalue weighted by molar-refractivity contribution is 7.18. The largest absolute Gasteiger partial charge is 0.495 e. The molecule has 2 aromatic heterocycles. The summed E-state index contributed by atoms with van der Waals surface area (Å²) in [5.74, 6) is 2.12. The van der Waals surface area contributed by atoms with E-state index in [1.807, 2.05) is 48.5 Å². The van der Waals surface area contributed by atoms with Crippen molar-refractivity contribution in [2.24, 2.45) is 0 Å². The van der Waals surface area contributed by atoms with Crippen LogP contribution >= 0.6 is 22.9 Å². The lowest BCUT2D eigenvalue weighted by Gasteiger charge is -2.11. The lowest BCUT2D eigenvalue weighted by molar-refractivity contribution is 0.415. The maximum Gasteiger partial charge on any atom is 0.163 e. The number of fused-ring (bicyclic) bond motifs is 1. The first-order chi connectivity index (χ1) is 13.2. The number of anilines is 2. The van der Waals surface area contributed by atoms with Crippen molar-refractivity contribution in [2.45, 2.75) is 13.3 Å². The fourth-order valence-electron chi connectivity index (χ4n) is 2.84. The summed E-state index contributed by atoms with van der Waals surface area (Å²) in [6.07, 6.45) is 0.968. The lowest BCUT2D eigenvalue weighted by atomic mass is 10.2. The molecular formula is C21H18ClN3OS. The van der Waals surface area contributed by atoms with E-state index < -0.39 is 0 Å². The van der Waals surface area contributed by atoms with Crippen LogP contribution in [0.1, 0.15) is 11.8 Å². The van der Waals surface area contributed by atoms with Crippen LogP contribution in [-0.2, 0) is 6.42 Å². The molecule has 2 heterocycles. The minimum absolute atomic E-state index is 0.552. The molecule has 6 heteroatoms. The van der Waals surface area contributed by atoms with Crippen molar-refractivity contribution >= 4 is 44.7 Å². The summed E-state index contributed by atoms with van der Waals surface area (Å²) in [4.78, 5) is 11.8. The number of nitrogens with one attached hydrogen (secondary N) is 1. The van der Waals surface area contributed by atoms with E-state index in [-0.39, 0.29) is 0 Å². The Morgan fingerprint density at radius 3 is 2.59 bits per heavy atom. The molecule has 0 bridgehead atoms. The molecule has 136 valence electrons. The van der Waals surface area contributed by atoms with Gasteiger partial charge in [0, 0.05) is 16.1 Å². The van der Waals surface area contributed by atoms with Gasteiger partial charge in [-0.2, -0.15) is 0 Å². The predicted molar refractivity (Wildman–Crippen MR) is 114 cm³/mol. The molecule has 4 rings (SSSR count). The first-order valence-corrected chi connectivity index (χ1v) is 9.84. The molecule has 0 spiro atoms. The third-order valence-electron chi connectivity index (χ3n) is 4.24. The predicted octanol–water partition coefficient (Wildman–Crippen LogP) is 6.33. The van der Waals surface area contributed by atoms with Crippen LogP contribution < -0.4 is 10.1 Å². The quantitative estimate of drug-likeness (QED) is 0.429. The summed E-state index contributed by atoms with van der Waals surface area (Å²) in [5, 5.41) is 4.97. The summed E-state index contributed by atoms with van der Waals surface area (Å²) in [6.45, 7) is 2.15. The number of halogens is 1. The number of hydrogen-bond donors (Lipinski definition) is 1. The average Bonchev–Trinajstić information content (AvgIpc) is 3.12. The Balaban J connectivity index is 1.82. The van der Waals surface area contributed by atoms with E-state index in [1.165, 1.54) is 4.88 Å². The molecule has 0 amide bonds. The minimum Gasteiger partial charge on any atom is -0.495 e. The lowest BCUT2D eigenvalue weighted by Crippen LogP contribution is -1.98. The number of benzene rings is 2. The number of hydrogen-bond acceptors (Lipinski definition) is 5. The molecule has 0 aliphatic heterocycles. The monoisotopic (exact) mass is 395 g/mol. The van der Waals surface area contributed by atoms with E-state index in [1.54, 1.807) is 18.4 Å². The van der Waals surface area contributed by atoms with E-state index >= 15 is 0 Å². The summed E-state index contributed by atoms with van der Waals surface area (Å²) >= 11 is 7.97. The zero-order valence-electron chi connectivity index (χ0n) is 15.0. The molecule has 0 radical (unpaired) electrons. The van der Waals surface area contributed by atoms with Crippen molar-refractivity contribution in [1.82, 2.24) is 9.97 Å². The van der Waals surface area contributed by atoms with Crippen molar-refractivity contribution in [3.8, 4) is 17.1 Å². The van der Waals surface area contributed by atoms with E-state index in [9.17, 15) is 0 Å². The second-order valence-corrected chi connectivity index (χ2v) is 7.54. The highest BCUT2D eigenvalue weighted by Gasteiger charge is 2.13. The van der Waals surface area contributed by atoms with Gasteiger partial charge in [0.15, 0.2) is 5.82 Å². The Morgan fingerprint density at radius 2 is 1.89 bits per heavy atom. The van der Waals surface area contributed by atoms with E-state index in [2.05, 4.69) is 18.3 Å². The molecule has 0 saturated heterocycles. The molecule has 2 aromatic carbocycles. The molecule has 27 heavy (non-hydrogen) atoms. The number of rotatable bonds is 5. The van der Waals surface area contributed by atoms with Crippen molar-refractivity contribution in [1.29, 1.82) is 0 Å².